The number of nitrogens with one attached hydrogen (secondary N) is 1. The molecule has 0 saturated carbocycles. The maximum Gasteiger partial charge on any atom is 0.306 e. The van der Waals surface area contributed by atoms with Crippen LogP contribution in [0.2, 0.25) is 0 Å². The van der Waals surface area contributed by atoms with E-state index in [9.17, 15) is 15.0 Å². The van der Waals surface area contributed by atoms with E-state index in [-0.39, 0.29) is 24.5 Å². The summed E-state index contributed by atoms with van der Waals surface area (Å²) < 4.78 is 0. The molecule has 2 aliphatic heterocycles. The van der Waals surface area contributed by atoms with Gasteiger partial charge in [-0.1, -0.05) is 30.3 Å². The number of piperidine rings is 1. The second-order valence-corrected chi connectivity index (χ2v) is 7.49. The quantitative estimate of drug-likeness (QED) is 0.752. The Labute approximate surface area is 158 Å². The van der Waals surface area contributed by atoms with E-state index in [1.54, 1.807) is 6.20 Å². The maximum atomic E-state index is 11.2. The van der Waals surface area contributed by atoms with Gasteiger partial charge in [0, 0.05) is 24.2 Å². The van der Waals surface area contributed by atoms with E-state index in [1.165, 1.54) is 11.1 Å². The van der Waals surface area contributed by atoms with Crippen LogP contribution in [-0.2, 0) is 11.4 Å². The summed E-state index contributed by atoms with van der Waals surface area (Å²) in [7, 11) is 0. The first-order valence-electron chi connectivity index (χ1n) is 9.52. The Balaban J connectivity index is 1.55. The Morgan fingerprint density at radius 3 is 2.78 bits per heavy atom. The minimum Gasteiger partial charge on any atom is -0.481 e. The lowest BCUT2D eigenvalue weighted by atomic mass is 9.87. The van der Waals surface area contributed by atoms with Crippen LogP contribution >= 0.6 is 0 Å². The van der Waals surface area contributed by atoms with Crippen molar-refractivity contribution < 1.29 is 15.0 Å². The molecule has 27 heavy (non-hydrogen) atoms. The SMILES string of the molecule is O=C(O)C1CCN(CC2Nc3ncccc3C2c2cccc(CO)c2)CC1. The molecule has 6 nitrogen and oxygen atoms in total. The molecule has 3 heterocycles. The predicted octanol–water partition coefficient (Wildman–Crippen LogP) is 2.30. The second kappa shape index (κ2) is 7.66. The molecule has 6 heteroatoms. The summed E-state index contributed by atoms with van der Waals surface area (Å²) in [5.41, 5.74) is 3.26. The minimum absolute atomic E-state index is 0.0290. The van der Waals surface area contributed by atoms with Crippen LogP contribution in [0.3, 0.4) is 0 Å². The Kier molecular flexibility index (Phi) is 5.09. The average Bonchev–Trinajstić information content (AvgIpc) is 3.06. The average molecular weight is 367 g/mol. The van der Waals surface area contributed by atoms with E-state index >= 15 is 0 Å². The largest absolute Gasteiger partial charge is 0.481 e. The zero-order valence-electron chi connectivity index (χ0n) is 15.2. The first-order valence-corrected chi connectivity index (χ1v) is 9.52. The Hall–Kier alpha value is -2.44. The molecule has 0 aliphatic carbocycles. The Morgan fingerprint density at radius 2 is 2.04 bits per heavy atom. The van der Waals surface area contributed by atoms with Crippen LogP contribution in [0, 0.1) is 5.92 Å². The number of hydrogen-bond donors (Lipinski definition) is 3. The third-order valence-electron chi connectivity index (χ3n) is 5.78. The first kappa shape index (κ1) is 17.9. The monoisotopic (exact) mass is 367 g/mol. The summed E-state index contributed by atoms with van der Waals surface area (Å²) in [4.78, 5) is 18.0. The van der Waals surface area contributed by atoms with Gasteiger partial charge in [-0.25, -0.2) is 4.98 Å². The smallest absolute Gasteiger partial charge is 0.306 e. The number of pyridine rings is 1. The van der Waals surface area contributed by atoms with Gasteiger partial charge in [0.15, 0.2) is 0 Å². The van der Waals surface area contributed by atoms with Gasteiger partial charge in [0.1, 0.15) is 5.82 Å². The summed E-state index contributed by atoms with van der Waals surface area (Å²) >= 11 is 0. The van der Waals surface area contributed by atoms with Crippen molar-refractivity contribution in [3.05, 3.63) is 59.3 Å². The van der Waals surface area contributed by atoms with Gasteiger partial charge in [0.25, 0.3) is 0 Å². The minimum atomic E-state index is -0.677. The lowest BCUT2D eigenvalue weighted by Crippen LogP contribution is -2.43. The zero-order valence-corrected chi connectivity index (χ0v) is 15.2. The van der Waals surface area contributed by atoms with E-state index in [1.807, 2.05) is 18.2 Å². The van der Waals surface area contributed by atoms with Crippen LogP contribution in [0.5, 0.6) is 0 Å². The summed E-state index contributed by atoms with van der Waals surface area (Å²) in [6.45, 7) is 2.49. The second-order valence-electron chi connectivity index (χ2n) is 7.49. The number of aromatic nitrogens is 1. The highest BCUT2D eigenvalue weighted by atomic mass is 16.4. The number of carboxylic acid groups (broad SMARTS) is 1. The van der Waals surface area contributed by atoms with Crippen LogP contribution < -0.4 is 5.32 Å². The number of nitrogens with zero attached hydrogens (tertiary/aromatic N) is 2. The van der Waals surface area contributed by atoms with Gasteiger partial charge in [-0.05, 0) is 43.1 Å². The molecule has 0 bridgehead atoms. The highest BCUT2D eigenvalue weighted by Crippen LogP contribution is 2.40. The standard InChI is InChI=1S/C21H25N3O3/c25-13-14-3-1-4-16(11-14)19-17-5-2-8-22-20(17)23-18(19)12-24-9-6-15(7-10-24)21(26)27/h1-5,8,11,15,18-19,25H,6-7,9-10,12-13H2,(H,22,23)(H,26,27). The van der Waals surface area contributed by atoms with Gasteiger partial charge < -0.3 is 20.4 Å². The summed E-state index contributed by atoms with van der Waals surface area (Å²) in [6.07, 6.45) is 3.21. The fourth-order valence-corrected chi connectivity index (χ4v) is 4.35. The fraction of sp³-hybridized carbons (Fsp3) is 0.429. The predicted molar refractivity (Wildman–Crippen MR) is 103 cm³/mol. The summed E-state index contributed by atoms with van der Waals surface area (Å²) in [6, 6.07) is 12.3. The Morgan fingerprint density at radius 1 is 1.22 bits per heavy atom. The highest BCUT2D eigenvalue weighted by molar-refractivity contribution is 5.70. The number of hydrogen-bond acceptors (Lipinski definition) is 5. The lowest BCUT2D eigenvalue weighted by molar-refractivity contribution is -0.143. The molecule has 142 valence electrons. The fourth-order valence-electron chi connectivity index (χ4n) is 4.35. The number of carbonyl (C=O) groups is 1. The van der Waals surface area contributed by atoms with Crippen LogP contribution in [0.4, 0.5) is 5.82 Å². The van der Waals surface area contributed by atoms with Crippen LogP contribution in [-0.4, -0.2) is 51.7 Å². The summed E-state index contributed by atoms with van der Waals surface area (Å²) in [5, 5.41) is 22.3. The van der Waals surface area contributed by atoms with Crippen LogP contribution in [0.25, 0.3) is 0 Å². The van der Waals surface area contributed by atoms with Gasteiger partial charge >= 0.3 is 5.97 Å². The highest BCUT2D eigenvalue weighted by Gasteiger charge is 2.36. The van der Waals surface area contributed by atoms with Crippen molar-refractivity contribution in [1.29, 1.82) is 0 Å². The van der Waals surface area contributed by atoms with E-state index in [2.05, 4.69) is 33.4 Å². The number of aliphatic hydroxyl groups excluding tert-OH is 1. The number of aliphatic carboxylic acids is 1. The van der Waals surface area contributed by atoms with Crippen molar-refractivity contribution in [2.24, 2.45) is 5.92 Å². The van der Waals surface area contributed by atoms with Gasteiger partial charge in [0.05, 0.1) is 18.6 Å². The normalized spacial score (nSPS) is 23.0. The molecule has 2 atom stereocenters. The third kappa shape index (κ3) is 3.68. The van der Waals surface area contributed by atoms with E-state index in [4.69, 9.17) is 0 Å². The number of rotatable bonds is 5. The number of aliphatic hydroxyl groups is 1. The molecule has 3 N–H and O–H groups in total. The molecular weight excluding hydrogens is 342 g/mol. The topological polar surface area (TPSA) is 85.7 Å². The number of anilines is 1. The van der Waals surface area contributed by atoms with Gasteiger partial charge in [-0.15, -0.1) is 0 Å². The van der Waals surface area contributed by atoms with Gasteiger partial charge in [0.2, 0.25) is 0 Å². The lowest BCUT2D eigenvalue weighted by Gasteiger charge is -2.33. The molecule has 1 fully saturated rings. The molecule has 1 aromatic heterocycles. The molecule has 2 aromatic rings. The molecule has 1 saturated heterocycles. The van der Waals surface area contributed by atoms with Crippen LogP contribution in [0.15, 0.2) is 42.6 Å². The molecular formula is C21H25N3O3. The van der Waals surface area contributed by atoms with E-state index in [0.29, 0.717) is 12.8 Å². The number of fused-ring (bicyclic) bond motifs is 1. The van der Waals surface area contributed by atoms with Crippen molar-refractivity contribution in [2.75, 3.05) is 25.0 Å². The molecule has 2 unspecified atom stereocenters. The van der Waals surface area contributed by atoms with Crippen molar-refractivity contribution in [2.45, 2.75) is 31.4 Å². The number of benzene rings is 1. The van der Waals surface area contributed by atoms with Gasteiger partial charge in [-0.3, -0.25) is 4.79 Å². The zero-order chi connectivity index (χ0) is 18.8. The van der Waals surface area contributed by atoms with Crippen molar-refractivity contribution in [3.8, 4) is 0 Å². The van der Waals surface area contributed by atoms with Gasteiger partial charge in [-0.2, -0.15) is 0 Å². The van der Waals surface area contributed by atoms with Crippen molar-refractivity contribution in [3.63, 3.8) is 0 Å². The molecule has 4 rings (SSSR count). The van der Waals surface area contributed by atoms with Crippen molar-refractivity contribution in [1.82, 2.24) is 9.88 Å². The molecule has 0 radical (unpaired) electrons. The number of likely N-dealkylation sites (tertiary alicyclic amines) is 1. The van der Waals surface area contributed by atoms with E-state index < -0.39 is 5.97 Å². The van der Waals surface area contributed by atoms with E-state index in [0.717, 1.165) is 31.0 Å². The molecule has 0 spiro atoms. The van der Waals surface area contributed by atoms with Crippen LogP contribution in [0.1, 0.15) is 35.4 Å². The molecule has 1 aromatic carbocycles. The first-order chi connectivity index (χ1) is 13.2. The summed E-state index contributed by atoms with van der Waals surface area (Å²) in [5.74, 6) is 0.192. The van der Waals surface area contributed by atoms with Crippen molar-refractivity contribution >= 4 is 11.8 Å². The Bertz CT molecular complexity index is 818. The maximum absolute atomic E-state index is 11.2. The number of carboxylic acids is 1. The molecule has 0 amide bonds. The third-order valence-corrected chi connectivity index (χ3v) is 5.78. The molecule has 2 aliphatic rings.